The van der Waals surface area contributed by atoms with Crippen molar-refractivity contribution in [2.24, 2.45) is 0 Å². The van der Waals surface area contributed by atoms with Crippen LogP contribution in [-0.4, -0.2) is 0 Å². The van der Waals surface area contributed by atoms with Gasteiger partial charge in [0, 0.05) is 5.69 Å². The van der Waals surface area contributed by atoms with Crippen molar-refractivity contribution >= 4 is 5.69 Å². The van der Waals surface area contributed by atoms with Crippen molar-refractivity contribution in [2.45, 2.75) is 6.43 Å². The molecule has 0 unspecified atom stereocenters. The number of halogens is 4. The fourth-order valence-corrected chi connectivity index (χ4v) is 0.791. The Bertz CT molecular complexity index is 298. The van der Waals surface area contributed by atoms with Crippen LogP contribution in [0.4, 0.5) is 23.2 Å². The molecule has 0 saturated carbocycles. The first-order chi connectivity index (χ1) is 5.52. The molecule has 1 nitrogen and oxygen atoms in total. The molecule has 0 spiro atoms. The van der Waals surface area contributed by atoms with Crippen molar-refractivity contribution in [3.05, 3.63) is 29.3 Å². The highest BCUT2D eigenvalue weighted by atomic mass is 19.3. The average molecular weight is 179 g/mol. The highest BCUT2D eigenvalue weighted by Crippen LogP contribution is 2.25. The van der Waals surface area contributed by atoms with Crippen molar-refractivity contribution < 1.29 is 17.6 Å². The zero-order valence-electron chi connectivity index (χ0n) is 5.82. The Morgan fingerprint density at radius 1 is 1.17 bits per heavy atom. The van der Waals surface area contributed by atoms with Gasteiger partial charge in [0.1, 0.15) is 0 Å². The van der Waals surface area contributed by atoms with E-state index in [1.807, 2.05) is 0 Å². The van der Waals surface area contributed by atoms with Gasteiger partial charge in [-0.25, -0.2) is 17.6 Å². The van der Waals surface area contributed by atoms with E-state index >= 15 is 0 Å². The molecule has 0 saturated heterocycles. The molecular weight excluding hydrogens is 174 g/mol. The molecule has 0 aromatic heterocycles. The largest absolute Gasteiger partial charge is 0.399 e. The third-order valence-electron chi connectivity index (χ3n) is 1.31. The Morgan fingerprint density at radius 3 is 2.25 bits per heavy atom. The van der Waals surface area contributed by atoms with Crippen LogP contribution in [0.3, 0.4) is 0 Å². The molecule has 12 heavy (non-hydrogen) atoms. The van der Waals surface area contributed by atoms with Crippen LogP contribution in [-0.2, 0) is 0 Å². The Labute approximate surface area is 65.8 Å². The molecule has 0 heterocycles. The number of nitrogen functional groups attached to an aromatic ring is 1. The number of rotatable bonds is 1. The van der Waals surface area contributed by atoms with Gasteiger partial charge in [0.05, 0.1) is 5.56 Å². The Balaban J connectivity index is 3.28. The third kappa shape index (κ3) is 1.49. The van der Waals surface area contributed by atoms with E-state index in [9.17, 15) is 17.6 Å². The molecule has 5 heteroatoms. The van der Waals surface area contributed by atoms with E-state index < -0.39 is 23.6 Å². The van der Waals surface area contributed by atoms with Gasteiger partial charge in [0.15, 0.2) is 11.6 Å². The van der Waals surface area contributed by atoms with Crippen LogP contribution in [0.2, 0.25) is 0 Å². The van der Waals surface area contributed by atoms with Gasteiger partial charge in [-0.3, -0.25) is 0 Å². The van der Waals surface area contributed by atoms with Gasteiger partial charge in [-0.05, 0) is 12.1 Å². The van der Waals surface area contributed by atoms with E-state index in [-0.39, 0.29) is 5.69 Å². The van der Waals surface area contributed by atoms with Crippen LogP contribution < -0.4 is 5.73 Å². The highest BCUT2D eigenvalue weighted by molar-refractivity contribution is 5.42. The first-order valence-electron chi connectivity index (χ1n) is 3.05. The summed E-state index contributed by atoms with van der Waals surface area (Å²) in [5.41, 5.74) is 3.80. The maximum atomic E-state index is 12.5. The summed E-state index contributed by atoms with van der Waals surface area (Å²) in [6.45, 7) is 0. The van der Waals surface area contributed by atoms with Gasteiger partial charge in [-0.1, -0.05) is 0 Å². The molecule has 66 valence electrons. The summed E-state index contributed by atoms with van der Waals surface area (Å²) in [4.78, 5) is 0. The van der Waals surface area contributed by atoms with Crippen LogP contribution in [0.1, 0.15) is 12.0 Å². The van der Waals surface area contributed by atoms with Crippen LogP contribution in [0, 0.1) is 11.6 Å². The van der Waals surface area contributed by atoms with Gasteiger partial charge >= 0.3 is 0 Å². The minimum Gasteiger partial charge on any atom is -0.399 e. The molecule has 1 aromatic carbocycles. The summed E-state index contributed by atoms with van der Waals surface area (Å²) in [5, 5.41) is 0. The van der Waals surface area contributed by atoms with Gasteiger partial charge < -0.3 is 5.73 Å². The molecule has 0 aliphatic rings. The number of benzene rings is 1. The first kappa shape index (κ1) is 8.83. The highest BCUT2D eigenvalue weighted by Gasteiger charge is 2.17. The van der Waals surface area contributed by atoms with Crippen LogP contribution in [0.25, 0.3) is 0 Å². The predicted molar refractivity (Wildman–Crippen MR) is 35.7 cm³/mol. The van der Waals surface area contributed by atoms with E-state index in [1.165, 1.54) is 0 Å². The molecule has 0 amide bonds. The quantitative estimate of drug-likeness (QED) is 0.520. The lowest BCUT2D eigenvalue weighted by atomic mass is 10.2. The van der Waals surface area contributed by atoms with Gasteiger partial charge in [-0.15, -0.1) is 0 Å². The fourth-order valence-electron chi connectivity index (χ4n) is 0.791. The molecule has 2 N–H and O–H groups in total. The molecule has 1 aromatic rings. The molecular formula is C7H5F4N. The van der Waals surface area contributed by atoms with E-state index in [0.29, 0.717) is 12.1 Å². The monoisotopic (exact) mass is 179 g/mol. The van der Waals surface area contributed by atoms with E-state index in [2.05, 4.69) is 0 Å². The van der Waals surface area contributed by atoms with Gasteiger partial charge in [0.25, 0.3) is 6.43 Å². The van der Waals surface area contributed by atoms with Crippen molar-refractivity contribution in [1.29, 1.82) is 0 Å². The molecule has 0 atom stereocenters. The van der Waals surface area contributed by atoms with Crippen molar-refractivity contribution in [3.63, 3.8) is 0 Å². The molecule has 1 rings (SSSR count). The number of anilines is 1. The van der Waals surface area contributed by atoms with Crippen molar-refractivity contribution in [3.8, 4) is 0 Å². The lowest BCUT2D eigenvalue weighted by Crippen LogP contribution is -1.97. The second-order valence-corrected chi connectivity index (χ2v) is 2.21. The zero-order chi connectivity index (χ0) is 9.30. The normalized spacial score (nSPS) is 10.8. The smallest absolute Gasteiger partial charge is 0.266 e. The third-order valence-corrected chi connectivity index (χ3v) is 1.31. The summed E-state index contributed by atoms with van der Waals surface area (Å²) in [6, 6.07) is 1.37. The molecule has 0 fully saturated rings. The minimum atomic E-state index is -3.05. The molecule has 0 aliphatic carbocycles. The number of hydrogen-bond acceptors (Lipinski definition) is 1. The van der Waals surface area contributed by atoms with Crippen LogP contribution >= 0.6 is 0 Å². The molecule has 0 radical (unpaired) electrons. The topological polar surface area (TPSA) is 26.0 Å². The van der Waals surface area contributed by atoms with Crippen molar-refractivity contribution in [1.82, 2.24) is 0 Å². The standard InChI is InChI=1S/C7H5F4N/c8-5-2-3(12)1-4(6(5)9)7(10)11/h1-2,7H,12H2. The van der Waals surface area contributed by atoms with Crippen LogP contribution in [0.5, 0.6) is 0 Å². The lowest BCUT2D eigenvalue weighted by molar-refractivity contribution is 0.145. The summed E-state index contributed by atoms with van der Waals surface area (Å²) in [6.07, 6.45) is -3.05. The maximum absolute atomic E-state index is 12.5. The van der Waals surface area contributed by atoms with E-state index in [1.54, 1.807) is 0 Å². The number of hydrogen-bond donors (Lipinski definition) is 1. The summed E-state index contributed by atoms with van der Waals surface area (Å²) < 4.78 is 48.8. The first-order valence-corrected chi connectivity index (χ1v) is 3.05. The lowest BCUT2D eigenvalue weighted by Gasteiger charge is -2.03. The second-order valence-electron chi connectivity index (χ2n) is 2.21. The van der Waals surface area contributed by atoms with E-state index in [4.69, 9.17) is 5.73 Å². The zero-order valence-corrected chi connectivity index (χ0v) is 5.82. The Hall–Kier alpha value is -1.26. The average Bonchev–Trinajstić information content (AvgIpc) is 1.96. The fraction of sp³-hybridized carbons (Fsp3) is 0.143. The van der Waals surface area contributed by atoms with Crippen molar-refractivity contribution in [2.75, 3.05) is 5.73 Å². The maximum Gasteiger partial charge on any atom is 0.266 e. The Kier molecular flexibility index (Phi) is 2.21. The Morgan fingerprint density at radius 2 is 1.75 bits per heavy atom. The summed E-state index contributed by atoms with van der Waals surface area (Å²) in [5.74, 6) is -2.90. The molecule has 0 aliphatic heterocycles. The van der Waals surface area contributed by atoms with Crippen LogP contribution in [0.15, 0.2) is 12.1 Å². The summed E-state index contributed by atoms with van der Waals surface area (Å²) >= 11 is 0. The minimum absolute atomic E-state index is 0.218. The number of nitrogens with two attached hydrogens (primary N) is 1. The number of alkyl halides is 2. The predicted octanol–water partition coefficient (Wildman–Crippen LogP) is 2.48. The van der Waals surface area contributed by atoms with E-state index in [0.717, 1.165) is 0 Å². The van der Waals surface area contributed by atoms with Gasteiger partial charge in [-0.2, -0.15) is 0 Å². The summed E-state index contributed by atoms with van der Waals surface area (Å²) in [7, 11) is 0. The second kappa shape index (κ2) is 3.00. The SMILES string of the molecule is Nc1cc(F)c(F)c(C(F)F)c1. The van der Waals surface area contributed by atoms with Gasteiger partial charge in [0.2, 0.25) is 0 Å². The molecule has 0 bridgehead atoms.